The fourth-order valence-electron chi connectivity index (χ4n) is 2.58. The van der Waals surface area contributed by atoms with E-state index in [4.69, 9.17) is 11.6 Å². The lowest BCUT2D eigenvalue weighted by Gasteiger charge is -2.16. The molecule has 4 nitrogen and oxygen atoms in total. The van der Waals surface area contributed by atoms with E-state index in [1.54, 1.807) is 4.68 Å². The van der Waals surface area contributed by atoms with Crippen molar-refractivity contribution in [1.82, 2.24) is 20.3 Å². The average Bonchev–Trinajstić information content (AvgIpc) is 3.21. The fourth-order valence-corrected chi connectivity index (χ4v) is 2.70. The van der Waals surface area contributed by atoms with Gasteiger partial charge in [0, 0.05) is 24.3 Å². The van der Waals surface area contributed by atoms with Crippen LogP contribution in [0.25, 0.3) is 0 Å². The van der Waals surface area contributed by atoms with Crippen LogP contribution in [0.3, 0.4) is 0 Å². The number of nitrogens with one attached hydrogen (secondary N) is 1. The van der Waals surface area contributed by atoms with E-state index in [9.17, 15) is 0 Å². The second kappa shape index (κ2) is 6.58. The maximum Gasteiger partial charge on any atom is 0.0830 e. The predicted octanol–water partition coefficient (Wildman–Crippen LogP) is 2.62. The van der Waals surface area contributed by atoms with Crippen molar-refractivity contribution in [1.29, 1.82) is 0 Å². The van der Waals surface area contributed by atoms with E-state index in [0.717, 1.165) is 36.1 Å². The fraction of sp³-hybridized carbons (Fsp3) is 0.500. The summed E-state index contributed by atoms with van der Waals surface area (Å²) in [5, 5.41) is 12.7. The molecule has 0 spiro atoms. The highest BCUT2D eigenvalue weighted by molar-refractivity contribution is 6.30. The number of nitrogens with zero attached hydrogens (tertiary/aromatic N) is 3. The third kappa shape index (κ3) is 4.55. The summed E-state index contributed by atoms with van der Waals surface area (Å²) in [5.74, 6) is 0.531. The highest BCUT2D eigenvalue weighted by Gasteiger charge is 2.22. The molecule has 0 amide bonds. The van der Waals surface area contributed by atoms with Gasteiger partial charge >= 0.3 is 0 Å². The molecule has 1 atom stereocenters. The molecule has 1 unspecified atom stereocenters. The normalized spacial score (nSPS) is 16.1. The van der Waals surface area contributed by atoms with E-state index >= 15 is 0 Å². The molecule has 5 heteroatoms. The molecule has 3 rings (SSSR count). The summed E-state index contributed by atoms with van der Waals surface area (Å²) >= 11 is 5.96. The first-order valence-electron chi connectivity index (χ1n) is 7.52. The Hall–Kier alpha value is -1.39. The Balaban J connectivity index is 1.63. The van der Waals surface area contributed by atoms with Gasteiger partial charge in [0.05, 0.1) is 5.69 Å². The molecule has 1 aromatic carbocycles. The Bertz CT molecular complexity index is 574. The minimum atomic E-state index is 0.531. The molecule has 21 heavy (non-hydrogen) atoms. The number of aryl methyl sites for hydroxylation is 1. The van der Waals surface area contributed by atoms with Gasteiger partial charge in [0.1, 0.15) is 0 Å². The second-order valence-corrected chi connectivity index (χ2v) is 6.40. The lowest BCUT2D eigenvalue weighted by atomic mass is 9.95. The molecule has 0 saturated heterocycles. The van der Waals surface area contributed by atoms with Crippen molar-refractivity contribution in [2.45, 2.75) is 31.7 Å². The Morgan fingerprint density at radius 2 is 2.05 bits per heavy atom. The van der Waals surface area contributed by atoms with E-state index in [1.165, 1.54) is 18.4 Å². The lowest BCUT2D eigenvalue weighted by molar-refractivity contribution is 0.464. The largest absolute Gasteiger partial charge is 0.314 e. The summed E-state index contributed by atoms with van der Waals surface area (Å²) in [4.78, 5) is 0. The molecule has 2 aromatic rings. The molecule has 1 aromatic heterocycles. The summed E-state index contributed by atoms with van der Waals surface area (Å²) in [6.45, 7) is 1.03. The van der Waals surface area contributed by atoms with Crippen molar-refractivity contribution in [3.63, 3.8) is 0 Å². The highest BCUT2D eigenvalue weighted by Crippen LogP contribution is 2.21. The van der Waals surface area contributed by atoms with Crippen molar-refractivity contribution in [2.24, 2.45) is 13.0 Å². The van der Waals surface area contributed by atoms with Gasteiger partial charge in [-0.25, -0.2) is 0 Å². The van der Waals surface area contributed by atoms with Crippen LogP contribution >= 0.6 is 11.6 Å². The van der Waals surface area contributed by atoms with Gasteiger partial charge in [-0.15, -0.1) is 5.10 Å². The van der Waals surface area contributed by atoms with Crippen LogP contribution < -0.4 is 5.32 Å². The van der Waals surface area contributed by atoms with E-state index in [2.05, 4.69) is 27.8 Å². The molecule has 1 saturated carbocycles. The maximum atomic E-state index is 5.96. The quantitative estimate of drug-likeness (QED) is 0.855. The molecule has 1 aliphatic rings. The van der Waals surface area contributed by atoms with Crippen LogP contribution in [0.4, 0.5) is 0 Å². The van der Waals surface area contributed by atoms with Crippen LogP contribution in [0, 0.1) is 5.92 Å². The third-order valence-electron chi connectivity index (χ3n) is 3.86. The minimum absolute atomic E-state index is 0.531. The second-order valence-electron chi connectivity index (χ2n) is 5.97. The summed E-state index contributed by atoms with van der Waals surface area (Å²) in [5.41, 5.74) is 2.39. The SMILES string of the molecule is Cn1cc(CC(CNC2CC2)Cc2ccc(Cl)cc2)nn1. The van der Waals surface area contributed by atoms with Gasteiger partial charge in [-0.3, -0.25) is 4.68 Å². The van der Waals surface area contributed by atoms with Crippen LogP contribution in [0.5, 0.6) is 0 Å². The lowest BCUT2D eigenvalue weighted by Crippen LogP contribution is -2.27. The van der Waals surface area contributed by atoms with Crippen molar-refractivity contribution in [2.75, 3.05) is 6.54 Å². The predicted molar refractivity (Wildman–Crippen MR) is 84.4 cm³/mol. The molecule has 112 valence electrons. The zero-order valence-corrected chi connectivity index (χ0v) is 13.1. The van der Waals surface area contributed by atoms with Gasteiger partial charge in [-0.2, -0.15) is 0 Å². The number of hydrogen-bond acceptors (Lipinski definition) is 3. The molecule has 0 aliphatic heterocycles. The summed E-state index contributed by atoms with van der Waals surface area (Å²) in [7, 11) is 1.91. The smallest absolute Gasteiger partial charge is 0.0830 e. The Morgan fingerprint density at radius 3 is 2.67 bits per heavy atom. The van der Waals surface area contributed by atoms with Gasteiger partial charge in [0.15, 0.2) is 0 Å². The molecule has 1 fully saturated rings. The molecular weight excluding hydrogens is 284 g/mol. The van der Waals surface area contributed by atoms with E-state index < -0.39 is 0 Å². The number of rotatable bonds is 7. The molecule has 1 N–H and O–H groups in total. The van der Waals surface area contributed by atoms with Crippen LogP contribution in [0.15, 0.2) is 30.5 Å². The van der Waals surface area contributed by atoms with Gasteiger partial charge < -0.3 is 5.32 Å². The summed E-state index contributed by atoms with van der Waals surface area (Å²) < 4.78 is 1.77. The monoisotopic (exact) mass is 304 g/mol. The molecule has 1 aliphatic carbocycles. The van der Waals surface area contributed by atoms with Crippen molar-refractivity contribution in [3.05, 3.63) is 46.7 Å². The zero-order valence-electron chi connectivity index (χ0n) is 12.3. The minimum Gasteiger partial charge on any atom is -0.314 e. The Kier molecular flexibility index (Phi) is 4.56. The van der Waals surface area contributed by atoms with Crippen molar-refractivity contribution < 1.29 is 0 Å². The van der Waals surface area contributed by atoms with Crippen molar-refractivity contribution in [3.8, 4) is 0 Å². The van der Waals surface area contributed by atoms with Crippen molar-refractivity contribution >= 4 is 11.6 Å². The number of halogens is 1. The Morgan fingerprint density at radius 1 is 1.29 bits per heavy atom. The van der Waals surface area contributed by atoms with E-state index in [-0.39, 0.29) is 0 Å². The van der Waals surface area contributed by atoms with E-state index in [1.807, 2.05) is 25.4 Å². The highest BCUT2D eigenvalue weighted by atomic mass is 35.5. The molecule has 0 bridgehead atoms. The summed E-state index contributed by atoms with van der Waals surface area (Å²) in [6, 6.07) is 8.89. The topological polar surface area (TPSA) is 42.7 Å². The van der Waals surface area contributed by atoms with Crippen LogP contribution in [-0.2, 0) is 19.9 Å². The zero-order chi connectivity index (χ0) is 14.7. The first-order valence-corrected chi connectivity index (χ1v) is 7.90. The maximum absolute atomic E-state index is 5.96. The first kappa shape index (κ1) is 14.5. The molecule has 1 heterocycles. The van der Waals surface area contributed by atoms with Crippen LogP contribution in [0.2, 0.25) is 5.02 Å². The van der Waals surface area contributed by atoms with Crippen LogP contribution in [0.1, 0.15) is 24.1 Å². The van der Waals surface area contributed by atoms with Gasteiger partial charge in [0.2, 0.25) is 0 Å². The molecular formula is C16H21ClN4. The third-order valence-corrected chi connectivity index (χ3v) is 4.11. The number of aromatic nitrogens is 3. The average molecular weight is 305 g/mol. The Labute approximate surface area is 130 Å². The number of hydrogen-bond donors (Lipinski definition) is 1. The van der Waals surface area contributed by atoms with Crippen LogP contribution in [-0.4, -0.2) is 27.6 Å². The van der Waals surface area contributed by atoms with E-state index in [0.29, 0.717) is 5.92 Å². The number of benzene rings is 1. The first-order chi connectivity index (χ1) is 10.2. The van der Waals surface area contributed by atoms with Gasteiger partial charge in [-0.05, 0) is 55.8 Å². The van der Waals surface area contributed by atoms with Gasteiger partial charge in [0.25, 0.3) is 0 Å². The standard InChI is InChI=1S/C16H21ClN4/c1-21-11-16(19-20-21)9-13(10-18-15-6-7-15)8-12-2-4-14(17)5-3-12/h2-5,11,13,15,18H,6-10H2,1H3. The summed E-state index contributed by atoms with van der Waals surface area (Å²) in [6.07, 6.45) is 6.63. The molecule has 0 radical (unpaired) electrons. The van der Waals surface area contributed by atoms with Gasteiger partial charge in [-0.1, -0.05) is 28.9 Å².